The SMILES string of the molecule is C=CCOC(=O)NCc1ccc(C2OC(CSc3nc4ccccc4s3)CC(c3ccc(CO)cc3)O2)cc1. The van der Waals surface area contributed by atoms with Crippen LogP contribution in [-0.2, 0) is 27.4 Å². The normalized spacial score (nSPS) is 19.1. The van der Waals surface area contributed by atoms with Crippen molar-refractivity contribution < 1.29 is 24.1 Å². The van der Waals surface area contributed by atoms with Gasteiger partial charge in [0.2, 0.25) is 0 Å². The Labute approximate surface area is 235 Å². The molecule has 1 aliphatic heterocycles. The van der Waals surface area contributed by atoms with Gasteiger partial charge in [-0.2, -0.15) is 0 Å². The number of aromatic nitrogens is 1. The number of carbonyl (C=O) groups is 1. The molecule has 3 unspecified atom stereocenters. The Morgan fingerprint density at radius 1 is 1.08 bits per heavy atom. The van der Waals surface area contributed by atoms with Crippen molar-refractivity contribution in [2.24, 2.45) is 0 Å². The van der Waals surface area contributed by atoms with E-state index in [4.69, 9.17) is 19.2 Å². The smallest absolute Gasteiger partial charge is 0.407 e. The van der Waals surface area contributed by atoms with E-state index in [1.54, 1.807) is 23.1 Å². The minimum Gasteiger partial charge on any atom is -0.445 e. The number of benzene rings is 3. The third-order valence-electron chi connectivity index (χ3n) is 6.30. The fourth-order valence-electron chi connectivity index (χ4n) is 4.25. The van der Waals surface area contributed by atoms with Crippen molar-refractivity contribution in [3.63, 3.8) is 0 Å². The van der Waals surface area contributed by atoms with Crippen LogP contribution in [0.15, 0.2) is 89.8 Å². The van der Waals surface area contributed by atoms with Crippen molar-refractivity contribution in [1.29, 1.82) is 0 Å². The number of hydrogen-bond donors (Lipinski definition) is 2. The van der Waals surface area contributed by atoms with Crippen LogP contribution in [0, 0.1) is 0 Å². The topological polar surface area (TPSA) is 89.9 Å². The number of aliphatic hydroxyl groups excluding tert-OH is 1. The number of alkyl carbamates (subject to hydrolysis) is 1. The molecule has 202 valence electrons. The van der Waals surface area contributed by atoms with Gasteiger partial charge in [-0.05, 0) is 28.8 Å². The van der Waals surface area contributed by atoms with Crippen molar-refractivity contribution in [1.82, 2.24) is 10.3 Å². The van der Waals surface area contributed by atoms with E-state index in [0.717, 1.165) is 37.9 Å². The Hall–Kier alpha value is -3.21. The minimum atomic E-state index is -0.540. The van der Waals surface area contributed by atoms with E-state index in [-0.39, 0.29) is 25.4 Å². The summed E-state index contributed by atoms with van der Waals surface area (Å²) in [6.45, 7) is 4.06. The van der Waals surface area contributed by atoms with E-state index in [0.29, 0.717) is 13.0 Å². The molecule has 7 nitrogen and oxygen atoms in total. The molecule has 1 aromatic heterocycles. The Balaban J connectivity index is 1.28. The van der Waals surface area contributed by atoms with E-state index < -0.39 is 12.4 Å². The summed E-state index contributed by atoms with van der Waals surface area (Å²) >= 11 is 3.40. The zero-order valence-electron chi connectivity index (χ0n) is 21.3. The molecule has 1 aliphatic rings. The molecular formula is C30H30N2O5S2. The minimum absolute atomic E-state index is 0.00611. The maximum Gasteiger partial charge on any atom is 0.407 e. The van der Waals surface area contributed by atoms with Gasteiger partial charge in [0.05, 0.1) is 29.0 Å². The van der Waals surface area contributed by atoms with E-state index in [2.05, 4.69) is 18.0 Å². The second kappa shape index (κ2) is 13.2. The molecule has 0 spiro atoms. The van der Waals surface area contributed by atoms with Gasteiger partial charge in [0.1, 0.15) is 6.61 Å². The van der Waals surface area contributed by atoms with E-state index >= 15 is 0 Å². The monoisotopic (exact) mass is 562 g/mol. The Bertz CT molecular complexity index is 1360. The number of fused-ring (bicyclic) bond motifs is 1. The highest BCUT2D eigenvalue weighted by Gasteiger charge is 2.32. The second-order valence-electron chi connectivity index (χ2n) is 9.09. The molecule has 2 N–H and O–H groups in total. The number of thioether (sulfide) groups is 1. The van der Waals surface area contributed by atoms with Crippen molar-refractivity contribution in [2.75, 3.05) is 12.4 Å². The van der Waals surface area contributed by atoms with Crippen molar-refractivity contribution in [3.8, 4) is 0 Å². The highest BCUT2D eigenvalue weighted by atomic mass is 32.2. The molecule has 1 fully saturated rings. The summed E-state index contributed by atoms with van der Waals surface area (Å²) in [5, 5.41) is 12.2. The Morgan fingerprint density at radius 2 is 1.82 bits per heavy atom. The maximum absolute atomic E-state index is 11.7. The molecule has 5 rings (SSSR count). The lowest BCUT2D eigenvalue weighted by molar-refractivity contribution is -0.245. The quantitative estimate of drug-likeness (QED) is 0.168. The lowest BCUT2D eigenvalue weighted by atomic mass is 10.0. The number of amides is 1. The number of carbonyl (C=O) groups excluding carboxylic acids is 1. The number of ether oxygens (including phenoxy) is 3. The van der Waals surface area contributed by atoms with E-state index in [9.17, 15) is 9.90 Å². The summed E-state index contributed by atoms with van der Waals surface area (Å²) in [5.74, 6) is 0.750. The molecule has 9 heteroatoms. The molecule has 1 amide bonds. The highest BCUT2D eigenvalue weighted by Crippen LogP contribution is 2.40. The number of hydrogen-bond acceptors (Lipinski definition) is 8. The molecule has 3 atom stereocenters. The average molecular weight is 563 g/mol. The van der Waals surface area contributed by atoms with E-state index in [1.165, 1.54) is 10.8 Å². The lowest BCUT2D eigenvalue weighted by Crippen LogP contribution is -2.31. The summed E-state index contributed by atoms with van der Waals surface area (Å²) < 4.78 is 20.0. The maximum atomic E-state index is 11.7. The molecule has 3 aromatic carbocycles. The molecule has 0 saturated carbocycles. The van der Waals surface area contributed by atoms with Crippen LogP contribution >= 0.6 is 23.1 Å². The summed E-state index contributed by atoms with van der Waals surface area (Å²) in [4.78, 5) is 16.5. The summed E-state index contributed by atoms with van der Waals surface area (Å²) in [7, 11) is 0. The van der Waals surface area contributed by atoms with Crippen LogP contribution in [0.3, 0.4) is 0 Å². The largest absolute Gasteiger partial charge is 0.445 e. The first-order chi connectivity index (χ1) is 19.1. The zero-order valence-corrected chi connectivity index (χ0v) is 23.0. The zero-order chi connectivity index (χ0) is 27.0. The summed E-state index contributed by atoms with van der Waals surface area (Å²) in [6.07, 6.45) is 1.00. The van der Waals surface area contributed by atoms with Gasteiger partial charge in [0.15, 0.2) is 10.6 Å². The molecule has 39 heavy (non-hydrogen) atoms. The third-order valence-corrected chi connectivity index (χ3v) is 8.61. The number of aliphatic hydroxyl groups is 1. The van der Waals surface area contributed by atoms with Crippen LogP contribution in [-0.4, -0.2) is 34.6 Å². The first kappa shape index (κ1) is 27.4. The standard InChI is InChI=1S/C30H30N2O5S2/c1-2-15-35-29(34)31-17-20-7-13-23(14-8-20)28-36-24(16-26(37-28)22-11-9-21(18-33)10-12-22)19-38-30-32-25-5-3-4-6-27(25)39-30/h2-14,24,26,28,33H,1,15-19H2,(H,31,34). The first-order valence-corrected chi connectivity index (χ1v) is 14.5. The number of thiazole rings is 1. The van der Waals surface area contributed by atoms with Gasteiger partial charge < -0.3 is 24.6 Å². The van der Waals surface area contributed by atoms with Crippen molar-refractivity contribution in [3.05, 3.63) is 108 Å². The third kappa shape index (κ3) is 7.26. The fourth-order valence-corrected chi connectivity index (χ4v) is 6.36. The van der Waals surface area contributed by atoms with Gasteiger partial charge in [-0.3, -0.25) is 0 Å². The number of para-hydroxylation sites is 1. The van der Waals surface area contributed by atoms with Crippen LogP contribution in [0.4, 0.5) is 4.79 Å². The van der Waals surface area contributed by atoms with E-state index in [1.807, 2.05) is 66.7 Å². The van der Waals surface area contributed by atoms with Crippen LogP contribution in [0.25, 0.3) is 10.2 Å². The fraction of sp³-hybridized carbons (Fsp3) is 0.267. The molecular weight excluding hydrogens is 532 g/mol. The van der Waals surface area contributed by atoms with Crippen LogP contribution in [0.5, 0.6) is 0 Å². The second-order valence-corrected chi connectivity index (χ2v) is 11.4. The van der Waals surface area contributed by atoms with Gasteiger partial charge in [-0.25, -0.2) is 9.78 Å². The molecule has 0 bridgehead atoms. The van der Waals surface area contributed by atoms with Crippen LogP contribution < -0.4 is 5.32 Å². The van der Waals surface area contributed by atoms with Crippen molar-refractivity contribution >= 4 is 39.4 Å². The van der Waals surface area contributed by atoms with Crippen LogP contribution in [0.2, 0.25) is 0 Å². The van der Waals surface area contributed by atoms with Gasteiger partial charge in [-0.1, -0.05) is 85.1 Å². The van der Waals surface area contributed by atoms with Gasteiger partial charge in [-0.15, -0.1) is 11.3 Å². The van der Waals surface area contributed by atoms with Gasteiger partial charge >= 0.3 is 6.09 Å². The first-order valence-electron chi connectivity index (χ1n) is 12.7. The Kier molecular flexibility index (Phi) is 9.28. The Morgan fingerprint density at radius 3 is 2.56 bits per heavy atom. The molecule has 0 aliphatic carbocycles. The number of rotatable bonds is 10. The predicted molar refractivity (Wildman–Crippen MR) is 154 cm³/mol. The molecule has 1 saturated heterocycles. The molecule has 0 radical (unpaired) electrons. The number of nitrogens with one attached hydrogen (secondary N) is 1. The molecule has 2 heterocycles. The van der Waals surface area contributed by atoms with Crippen molar-refractivity contribution in [2.45, 2.75) is 42.4 Å². The van der Waals surface area contributed by atoms with Gasteiger partial charge in [0.25, 0.3) is 0 Å². The lowest BCUT2D eigenvalue weighted by Gasteiger charge is -2.36. The molecule has 4 aromatic rings. The number of nitrogens with zero attached hydrogens (tertiary/aromatic N) is 1. The highest BCUT2D eigenvalue weighted by molar-refractivity contribution is 8.01. The average Bonchev–Trinajstić information content (AvgIpc) is 3.41. The van der Waals surface area contributed by atoms with Gasteiger partial charge in [0, 0.05) is 24.3 Å². The summed E-state index contributed by atoms with van der Waals surface area (Å²) in [5.41, 5.74) is 4.77. The predicted octanol–water partition coefficient (Wildman–Crippen LogP) is 6.54. The van der Waals surface area contributed by atoms with Crippen LogP contribution in [0.1, 0.15) is 41.1 Å². The summed E-state index contributed by atoms with van der Waals surface area (Å²) in [6, 6.07) is 23.9.